The fourth-order valence-electron chi connectivity index (χ4n) is 2.31. The van der Waals surface area contributed by atoms with E-state index in [9.17, 15) is 0 Å². The number of hydrogen-bond donors (Lipinski definition) is 2. The summed E-state index contributed by atoms with van der Waals surface area (Å²) in [5.41, 5.74) is 6.65. The molecule has 3 nitrogen and oxygen atoms in total. The normalized spacial score (nSPS) is 15.5. The van der Waals surface area contributed by atoms with Gasteiger partial charge >= 0.3 is 0 Å². The molecule has 0 spiro atoms. The van der Waals surface area contributed by atoms with Crippen LogP contribution < -0.4 is 11.3 Å². The van der Waals surface area contributed by atoms with E-state index >= 15 is 0 Å². The van der Waals surface area contributed by atoms with E-state index in [1.165, 1.54) is 16.7 Å². The van der Waals surface area contributed by atoms with Crippen molar-refractivity contribution in [3.63, 3.8) is 0 Å². The lowest BCUT2D eigenvalue weighted by Crippen LogP contribution is -2.44. The fraction of sp³-hybridized carbons (Fsp3) is 0.600. The molecule has 1 aromatic carbocycles. The molecule has 102 valence electrons. The molecule has 0 saturated carbocycles. The van der Waals surface area contributed by atoms with Crippen molar-refractivity contribution in [2.24, 2.45) is 11.3 Å². The standard InChI is InChI=1S/C15H26N2O/c1-10-7-8-12(9-11(10)2)13(17-16)14(18-6)15(3,4)5/h7-9,13-14,17H,16H2,1-6H3. The quantitative estimate of drug-likeness (QED) is 0.638. The molecule has 0 saturated heterocycles. The molecule has 3 N–H and O–H groups in total. The Morgan fingerprint density at radius 1 is 1.17 bits per heavy atom. The molecule has 0 aromatic heterocycles. The van der Waals surface area contributed by atoms with Gasteiger partial charge in [-0.15, -0.1) is 0 Å². The Morgan fingerprint density at radius 3 is 2.17 bits per heavy atom. The van der Waals surface area contributed by atoms with E-state index in [4.69, 9.17) is 10.6 Å². The number of rotatable bonds is 4. The molecule has 0 fully saturated rings. The zero-order valence-electron chi connectivity index (χ0n) is 12.4. The summed E-state index contributed by atoms with van der Waals surface area (Å²) in [6.45, 7) is 10.7. The second kappa shape index (κ2) is 5.83. The highest BCUT2D eigenvalue weighted by atomic mass is 16.5. The van der Waals surface area contributed by atoms with Crippen LogP contribution in [0.2, 0.25) is 0 Å². The number of hydrazine groups is 1. The summed E-state index contributed by atoms with van der Waals surface area (Å²) in [4.78, 5) is 0. The smallest absolute Gasteiger partial charge is 0.0827 e. The molecule has 1 aromatic rings. The largest absolute Gasteiger partial charge is 0.379 e. The summed E-state index contributed by atoms with van der Waals surface area (Å²) in [6.07, 6.45) is 0.0182. The maximum Gasteiger partial charge on any atom is 0.0827 e. The summed E-state index contributed by atoms with van der Waals surface area (Å²) in [7, 11) is 1.74. The number of hydrogen-bond acceptors (Lipinski definition) is 3. The van der Waals surface area contributed by atoms with E-state index in [1.54, 1.807) is 7.11 Å². The zero-order valence-corrected chi connectivity index (χ0v) is 12.4. The summed E-state index contributed by atoms with van der Waals surface area (Å²) in [5.74, 6) is 5.74. The third-order valence-electron chi connectivity index (χ3n) is 3.48. The number of ether oxygens (including phenoxy) is 1. The van der Waals surface area contributed by atoms with Crippen LogP contribution in [0, 0.1) is 19.3 Å². The first-order valence-corrected chi connectivity index (χ1v) is 6.37. The van der Waals surface area contributed by atoms with Crippen LogP contribution in [0.3, 0.4) is 0 Å². The molecule has 3 heteroatoms. The minimum atomic E-state index is -0.00528. The topological polar surface area (TPSA) is 47.3 Å². The van der Waals surface area contributed by atoms with Gasteiger partial charge in [0.25, 0.3) is 0 Å². The van der Waals surface area contributed by atoms with Crippen molar-refractivity contribution in [3.05, 3.63) is 34.9 Å². The third kappa shape index (κ3) is 3.31. The molecule has 0 heterocycles. The zero-order chi connectivity index (χ0) is 13.9. The summed E-state index contributed by atoms with van der Waals surface area (Å²) < 4.78 is 5.65. The SMILES string of the molecule is COC(C(NN)c1ccc(C)c(C)c1)C(C)(C)C. The second-order valence-corrected chi connectivity index (χ2v) is 6.01. The van der Waals surface area contributed by atoms with Gasteiger partial charge in [-0.1, -0.05) is 39.0 Å². The van der Waals surface area contributed by atoms with Crippen LogP contribution in [0.1, 0.15) is 43.5 Å². The van der Waals surface area contributed by atoms with Gasteiger partial charge in [0, 0.05) is 7.11 Å². The number of nitrogens with one attached hydrogen (secondary N) is 1. The molecule has 0 amide bonds. The molecular formula is C15H26N2O. The molecule has 0 aliphatic rings. The first kappa shape index (κ1) is 15.2. The first-order valence-electron chi connectivity index (χ1n) is 6.37. The van der Waals surface area contributed by atoms with E-state index in [2.05, 4.69) is 58.2 Å². The van der Waals surface area contributed by atoms with Crippen LogP contribution in [0.4, 0.5) is 0 Å². The highest BCUT2D eigenvalue weighted by Crippen LogP contribution is 2.32. The molecular weight excluding hydrogens is 224 g/mol. The summed E-state index contributed by atoms with van der Waals surface area (Å²) >= 11 is 0. The predicted octanol–water partition coefficient (Wildman–Crippen LogP) is 2.87. The van der Waals surface area contributed by atoms with Crippen LogP contribution in [0.25, 0.3) is 0 Å². The Kier molecular flexibility index (Phi) is 4.91. The number of benzene rings is 1. The Bertz CT molecular complexity index is 396. The Balaban J connectivity index is 3.12. The van der Waals surface area contributed by atoms with Crippen molar-refractivity contribution in [3.8, 4) is 0 Å². The van der Waals surface area contributed by atoms with Gasteiger partial charge < -0.3 is 4.74 Å². The average molecular weight is 250 g/mol. The van der Waals surface area contributed by atoms with Crippen LogP contribution in [0.15, 0.2) is 18.2 Å². The van der Waals surface area contributed by atoms with E-state index in [-0.39, 0.29) is 17.6 Å². The van der Waals surface area contributed by atoms with Gasteiger partial charge in [-0.05, 0) is 36.0 Å². The Labute approximate surface area is 111 Å². The molecule has 18 heavy (non-hydrogen) atoms. The van der Waals surface area contributed by atoms with Crippen LogP contribution >= 0.6 is 0 Å². The molecule has 0 aliphatic heterocycles. The van der Waals surface area contributed by atoms with Gasteiger partial charge in [0.05, 0.1) is 12.1 Å². The highest BCUT2D eigenvalue weighted by molar-refractivity contribution is 5.32. The van der Waals surface area contributed by atoms with Crippen molar-refractivity contribution in [1.82, 2.24) is 5.43 Å². The van der Waals surface area contributed by atoms with Crippen LogP contribution in [-0.4, -0.2) is 13.2 Å². The van der Waals surface area contributed by atoms with Gasteiger partial charge in [-0.2, -0.15) is 0 Å². The molecule has 2 unspecified atom stereocenters. The minimum Gasteiger partial charge on any atom is -0.379 e. The third-order valence-corrected chi connectivity index (χ3v) is 3.48. The summed E-state index contributed by atoms with van der Waals surface area (Å²) in [5, 5.41) is 0. The lowest BCUT2D eigenvalue weighted by Gasteiger charge is -2.36. The lowest BCUT2D eigenvalue weighted by molar-refractivity contribution is -0.0120. The second-order valence-electron chi connectivity index (χ2n) is 6.01. The maximum absolute atomic E-state index is 5.74. The lowest BCUT2D eigenvalue weighted by atomic mass is 9.82. The summed E-state index contributed by atoms with van der Waals surface area (Å²) in [6, 6.07) is 6.42. The molecule has 1 rings (SSSR count). The maximum atomic E-state index is 5.74. The van der Waals surface area contributed by atoms with Crippen LogP contribution in [0.5, 0.6) is 0 Å². The van der Waals surface area contributed by atoms with Gasteiger partial charge in [0.2, 0.25) is 0 Å². The van der Waals surface area contributed by atoms with E-state index in [0.717, 1.165) is 0 Å². The first-order chi connectivity index (χ1) is 8.31. The monoisotopic (exact) mass is 250 g/mol. The highest BCUT2D eigenvalue weighted by Gasteiger charge is 2.32. The fourth-order valence-corrected chi connectivity index (χ4v) is 2.31. The number of aryl methyl sites for hydroxylation is 2. The Hall–Kier alpha value is -0.900. The van der Waals surface area contributed by atoms with Crippen molar-refractivity contribution in [2.75, 3.05) is 7.11 Å². The molecule has 0 radical (unpaired) electrons. The van der Waals surface area contributed by atoms with Crippen molar-refractivity contribution in [2.45, 2.75) is 46.8 Å². The number of nitrogens with two attached hydrogens (primary N) is 1. The van der Waals surface area contributed by atoms with Gasteiger partial charge in [0.15, 0.2) is 0 Å². The van der Waals surface area contributed by atoms with Gasteiger partial charge in [0.1, 0.15) is 0 Å². The minimum absolute atomic E-state index is 0.00528. The van der Waals surface area contributed by atoms with E-state index < -0.39 is 0 Å². The van der Waals surface area contributed by atoms with Gasteiger partial charge in [-0.3, -0.25) is 11.3 Å². The molecule has 2 atom stereocenters. The molecule has 0 bridgehead atoms. The van der Waals surface area contributed by atoms with Gasteiger partial charge in [-0.25, -0.2) is 0 Å². The Morgan fingerprint density at radius 2 is 1.78 bits per heavy atom. The van der Waals surface area contributed by atoms with Crippen molar-refractivity contribution in [1.29, 1.82) is 0 Å². The van der Waals surface area contributed by atoms with Crippen LogP contribution in [-0.2, 0) is 4.74 Å². The predicted molar refractivity (Wildman–Crippen MR) is 76.2 cm³/mol. The van der Waals surface area contributed by atoms with Crippen molar-refractivity contribution < 1.29 is 4.74 Å². The number of methoxy groups -OCH3 is 1. The average Bonchev–Trinajstić information content (AvgIpc) is 2.28. The molecule has 0 aliphatic carbocycles. The van der Waals surface area contributed by atoms with E-state index in [0.29, 0.717) is 0 Å². The van der Waals surface area contributed by atoms with Crippen molar-refractivity contribution >= 4 is 0 Å². The van der Waals surface area contributed by atoms with E-state index in [1.807, 2.05) is 0 Å².